The monoisotopic (exact) mass is 332 g/mol. The first-order valence-electron chi connectivity index (χ1n) is 8.24. The second-order valence-corrected chi connectivity index (χ2v) is 7.19. The Morgan fingerprint density at radius 1 is 1.17 bits per heavy atom. The van der Waals surface area contributed by atoms with Gasteiger partial charge in [-0.05, 0) is 36.7 Å². The molecular formula is C17H21ClN4O. The van der Waals surface area contributed by atoms with Crippen molar-refractivity contribution in [2.75, 3.05) is 19.6 Å². The molecule has 5 nitrogen and oxygen atoms in total. The Labute approximate surface area is 141 Å². The quantitative estimate of drug-likeness (QED) is 0.885. The molecule has 1 aliphatic carbocycles. The first-order valence-corrected chi connectivity index (χ1v) is 8.24. The van der Waals surface area contributed by atoms with Gasteiger partial charge in [0, 0.05) is 31.1 Å². The number of halogens is 1. The molecule has 3 aliphatic heterocycles. The van der Waals surface area contributed by atoms with Gasteiger partial charge in [-0.1, -0.05) is 18.2 Å². The van der Waals surface area contributed by atoms with Gasteiger partial charge in [0.1, 0.15) is 0 Å². The first-order chi connectivity index (χ1) is 10.8. The summed E-state index contributed by atoms with van der Waals surface area (Å²) in [6.45, 7) is 3.58. The third-order valence-corrected chi connectivity index (χ3v) is 5.77. The van der Waals surface area contributed by atoms with Crippen molar-refractivity contribution in [2.45, 2.75) is 18.9 Å². The molecule has 1 amide bonds. The number of nitrogens with zero attached hydrogens (tertiary/aromatic N) is 2. The Balaban J connectivity index is 0.00000135. The number of para-hydroxylation sites is 1. The van der Waals surface area contributed by atoms with E-state index in [0.29, 0.717) is 23.6 Å². The van der Waals surface area contributed by atoms with Crippen LogP contribution in [0, 0.1) is 17.8 Å². The smallest absolute Gasteiger partial charge is 0.272 e. The fourth-order valence-electron chi connectivity index (χ4n) is 5.00. The van der Waals surface area contributed by atoms with Gasteiger partial charge in [0.2, 0.25) is 0 Å². The van der Waals surface area contributed by atoms with E-state index in [2.05, 4.69) is 20.4 Å². The molecule has 122 valence electrons. The number of fused-ring (bicyclic) bond motifs is 1. The third-order valence-electron chi connectivity index (χ3n) is 5.77. The highest BCUT2D eigenvalue weighted by molar-refractivity contribution is 6.04. The highest BCUT2D eigenvalue weighted by atomic mass is 35.5. The lowest BCUT2D eigenvalue weighted by molar-refractivity contribution is -0.0419. The van der Waals surface area contributed by atoms with Crippen LogP contribution >= 0.6 is 12.4 Å². The van der Waals surface area contributed by atoms with Gasteiger partial charge >= 0.3 is 0 Å². The first kappa shape index (κ1) is 15.0. The largest absolute Gasteiger partial charge is 0.347 e. The van der Waals surface area contributed by atoms with Crippen LogP contribution in [-0.2, 0) is 0 Å². The summed E-state index contributed by atoms with van der Waals surface area (Å²) in [7, 11) is 0. The van der Waals surface area contributed by atoms with Gasteiger partial charge in [-0.3, -0.25) is 9.89 Å². The summed E-state index contributed by atoms with van der Waals surface area (Å²) in [5.74, 6) is 2.09. The lowest BCUT2D eigenvalue weighted by atomic mass is 9.65. The summed E-state index contributed by atoms with van der Waals surface area (Å²) < 4.78 is 0. The molecule has 0 unspecified atom stereocenters. The van der Waals surface area contributed by atoms with Crippen LogP contribution < -0.4 is 5.32 Å². The van der Waals surface area contributed by atoms with Crippen LogP contribution in [0.5, 0.6) is 0 Å². The zero-order chi connectivity index (χ0) is 14.7. The van der Waals surface area contributed by atoms with Crippen molar-refractivity contribution in [3.63, 3.8) is 0 Å². The van der Waals surface area contributed by atoms with E-state index in [4.69, 9.17) is 0 Å². The van der Waals surface area contributed by atoms with Crippen LogP contribution in [0.15, 0.2) is 24.3 Å². The molecule has 1 aromatic carbocycles. The van der Waals surface area contributed by atoms with E-state index in [1.807, 2.05) is 24.3 Å². The van der Waals surface area contributed by atoms with Crippen molar-refractivity contribution >= 4 is 29.2 Å². The molecule has 23 heavy (non-hydrogen) atoms. The van der Waals surface area contributed by atoms with Gasteiger partial charge in [0.05, 0.1) is 5.52 Å². The zero-order valence-corrected chi connectivity index (χ0v) is 13.7. The molecule has 0 radical (unpaired) electrons. The van der Waals surface area contributed by atoms with E-state index in [0.717, 1.165) is 29.9 Å². The van der Waals surface area contributed by atoms with Gasteiger partial charge in [0.15, 0.2) is 5.69 Å². The molecule has 1 saturated carbocycles. The molecule has 6 rings (SSSR count). The number of piperidine rings is 3. The Morgan fingerprint density at radius 3 is 2.65 bits per heavy atom. The van der Waals surface area contributed by atoms with E-state index >= 15 is 0 Å². The summed E-state index contributed by atoms with van der Waals surface area (Å²) in [6.07, 6.45) is 2.55. The second kappa shape index (κ2) is 5.49. The molecule has 4 aliphatic rings. The SMILES string of the molecule is Cl.O=C(NC1[C@@H]2CC3C[C@@H]1CN(C3)C2)c1n[nH]c2ccccc12. The van der Waals surface area contributed by atoms with Crippen LogP contribution in [0.25, 0.3) is 10.9 Å². The minimum Gasteiger partial charge on any atom is -0.347 e. The normalized spacial score (nSPS) is 34.3. The van der Waals surface area contributed by atoms with E-state index < -0.39 is 0 Å². The molecule has 4 fully saturated rings. The van der Waals surface area contributed by atoms with Crippen LogP contribution in [0.4, 0.5) is 0 Å². The van der Waals surface area contributed by atoms with Crippen LogP contribution in [0.1, 0.15) is 23.3 Å². The average Bonchev–Trinajstić information content (AvgIpc) is 2.94. The molecule has 1 aromatic heterocycles. The predicted molar refractivity (Wildman–Crippen MR) is 90.7 cm³/mol. The highest BCUT2D eigenvalue weighted by Gasteiger charge is 2.48. The number of amides is 1. The van der Waals surface area contributed by atoms with Crippen molar-refractivity contribution in [2.24, 2.45) is 17.8 Å². The Bertz CT molecular complexity index is 715. The minimum absolute atomic E-state index is 0. The Hall–Kier alpha value is -1.59. The average molecular weight is 333 g/mol. The summed E-state index contributed by atoms with van der Waals surface area (Å²) in [6, 6.07) is 8.14. The minimum atomic E-state index is -0.0232. The molecule has 6 heteroatoms. The van der Waals surface area contributed by atoms with E-state index in [-0.39, 0.29) is 18.3 Å². The number of nitrogens with one attached hydrogen (secondary N) is 2. The van der Waals surface area contributed by atoms with Crippen molar-refractivity contribution < 1.29 is 4.79 Å². The number of aromatic nitrogens is 2. The van der Waals surface area contributed by atoms with E-state index in [1.54, 1.807) is 0 Å². The summed E-state index contributed by atoms with van der Waals surface area (Å²) in [4.78, 5) is 15.3. The number of carbonyl (C=O) groups excluding carboxylic acids is 1. The number of hydrogen-bond donors (Lipinski definition) is 2. The van der Waals surface area contributed by atoms with Gasteiger partial charge in [-0.25, -0.2) is 0 Å². The maximum Gasteiger partial charge on any atom is 0.272 e. The van der Waals surface area contributed by atoms with Gasteiger partial charge in [-0.15, -0.1) is 12.4 Å². The summed E-state index contributed by atoms with van der Waals surface area (Å²) in [5, 5.41) is 11.4. The van der Waals surface area contributed by atoms with Crippen molar-refractivity contribution in [1.29, 1.82) is 0 Å². The van der Waals surface area contributed by atoms with Crippen molar-refractivity contribution in [3.05, 3.63) is 30.0 Å². The lowest BCUT2D eigenvalue weighted by Gasteiger charge is -2.55. The number of benzene rings is 1. The summed E-state index contributed by atoms with van der Waals surface area (Å²) in [5.41, 5.74) is 1.45. The molecule has 2 N–H and O–H groups in total. The van der Waals surface area contributed by atoms with Gasteiger partial charge in [-0.2, -0.15) is 5.10 Å². The maximum atomic E-state index is 12.7. The van der Waals surface area contributed by atoms with E-state index in [9.17, 15) is 4.79 Å². The highest BCUT2D eigenvalue weighted by Crippen LogP contribution is 2.43. The standard InChI is InChI=1S/C17H20N4O.ClH/c22-17(16-13-3-1-2-4-14(13)19-20-16)18-15-11-5-10-6-12(15)9-21(7-10)8-11;/h1-4,10-12,15H,5-9H2,(H,18,22)(H,19,20);1H/t10?,11-,12-,15?;/m1./s1. The lowest BCUT2D eigenvalue weighted by Crippen LogP contribution is -2.64. The number of aromatic amines is 1. The molecule has 2 aromatic rings. The molecular weight excluding hydrogens is 312 g/mol. The molecule has 2 atom stereocenters. The number of hydrogen-bond acceptors (Lipinski definition) is 3. The Morgan fingerprint density at radius 2 is 1.91 bits per heavy atom. The number of carbonyl (C=O) groups is 1. The Kier molecular flexibility index (Phi) is 3.58. The molecule has 3 saturated heterocycles. The van der Waals surface area contributed by atoms with Gasteiger partial charge < -0.3 is 10.2 Å². The molecule has 0 spiro atoms. The van der Waals surface area contributed by atoms with Crippen LogP contribution in [-0.4, -0.2) is 46.7 Å². The molecule has 4 heterocycles. The fourth-order valence-corrected chi connectivity index (χ4v) is 5.00. The number of rotatable bonds is 2. The maximum absolute atomic E-state index is 12.7. The number of H-pyrrole nitrogens is 1. The second-order valence-electron chi connectivity index (χ2n) is 7.19. The van der Waals surface area contributed by atoms with Crippen molar-refractivity contribution in [3.8, 4) is 0 Å². The summed E-state index contributed by atoms with van der Waals surface area (Å²) >= 11 is 0. The van der Waals surface area contributed by atoms with E-state index in [1.165, 1.54) is 19.4 Å². The molecule has 4 bridgehead atoms. The van der Waals surface area contributed by atoms with Crippen LogP contribution in [0.2, 0.25) is 0 Å². The van der Waals surface area contributed by atoms with Crippen molar-refractivity contribution in [1.82, 2.24) is 20.4 Å². The fraction of sp³-hybridized carbons (Fsp3) is 0.529. The topological polar surface area (TPSA) is 61.0 Å². The third kappa shape index (κ3) is 2.34. The predicted octanol–water partition coefficient (Wildman–Crippen LogP) is 2.05. The zero-order valence-electron chi connectivity index (χ0n) is 12.9. The van der Waals surface area contributed by atoms with Gasteiger partial charge in [0.25, 0.3) is 5.91 Å². The van der Waals surface area contributed by atoms with Crippen LogP contribution in [0.3, 0.4) is 0 Å².